The maximum atomic E-state index is 6.00. The molecule has 2 aliphatic rings. The first kappa shape index (κ1) is 21.8. The van der Waals surface area contributed by atoms with Crippen molar-refractivity contribution in [3.63, 3.8) is 0 Å². The Hall–Kier alpha value is -2.41. The molecule has 7 nitrogen and oxygen atoms in total. The van der Waals surface area contributed by atoms with Gasteiger partial charge >= 0.3 is 0 Å². The summed E-state index contributed by atoms with van der Waals surface area (Å²) in [5, 5.41) is 5.25. The fraction of sp³-hybridized carbons (Fsp3) is 0.565. The van der Waals surface area contributed by atoms with Crippen LogP contribution in [0.1, 0.15) is 63.9 Å². The Balaban J connectivity index is 1.60. The third-order valence-electron chi connectivity index (χ3n) is 5.98. The molecule has 0 radical (unpaired) electrons. The van der Waals surface area contributed by atoms with E-state index in [9.17, 15) is 0 Å². The zero-order valence-corrected chi connectivity index (χ0v) is 19.1. The number of nitrogens with zero attached hydrogens (tertiary/aromatic N) is 6. The minimum absolute atomic E-state index is 0.502. The smallest absolute Gasteiger partial charge is 0.250 e. The number of halogens is 1. The summed E-state index contributed by atoms with van der Waals surface area (Å²) in [5.41, 5.74) is 4.94. The van der Waals surface area contributed by atoms with Crippen LogP contribution in [0.15, 0.2) is 29.4 Å². The van der Waals surface area contributed by atoms with Crippen molar-refractivity contribution in [2.45, 2.75) is 58.3 Å². The van der Waals surface area contributed by atoms with Gasteiger partial charge in [-0.1, -0.05) is 49.4 Å². The van der Waals surface area contributed by atoms with Gasteiger partial charge in [0.05, 0.1) is 5.71 Å². The van der Waals surface area contributed by atoms with Crippen molar-refractivity contribution in [3.05, 3.63) is 34.9 Å². The molecule has 2 saturated heterocycles. The van der Waals surface area contributed by atoms with Crippen molar-refractivity contribution >= 4 is 35.2 Å². The Morgan fingerprint density at radius 1 is 0.774 bits per heavy atom. The van der Waals surface area contributed by atoms with E-state index < -0.39 is 0 Å². The van der Waals surface area contributed by atoms with E-state index in [-0.39, 0.29) is 0 Å². The minimum Gasteiger partial charge on any atom is -0.341 e. The molecular formula is C23H32ClN7. The molecule has 0 aliphatic carbocycles. The number of rotatable bonds is 5. The highest BCUT2D eigenvalue weighted by molar-refractivity contribution is 6.30. The summed E-state index contributed by atoms with van der Waals surface area (Å²) in [4.78, 5) is 19.0. The second kappa shape index (κ2) is 10.8. The highest BCUT2D eigenvalue weighted by Crippen LogP contribution is 2.22. The SMILES string of the molecule is C/C(=N\Nc1nc(N2CCCCCC2)nc(N2CCCCCC2)n1)c1ccc(Cl)cc1. The molecule has 3 heterocycles. The van der Waals surface area contributed by atoms with Gasteiger partial charge in [-0.25, -0.2) is 5.43 Å². The number of hydrogen-bond donors (Lipinski definition) is 1. The molecule has 0 bridgehead atoms. The van der Waals surface area contributed by atoms with Crippen LogP contribution in [0.5, 0.6) is 0 Å². The molecule has 2 fully saturated rings. The lowest BCUT2D eigenvalue weighted by Gasteiger charge is -2.24. The van der Waals surface area contributed by atoms with E-state index in [1.807, 2.05) is 31.2 Å². The van der Waals surface area contributed by atoms with Crippen LogP contribution in [0.25, 0.3) is 0 Å². The maximum absolute atomic E-state index is 6.00. The Morgan fingerprint density at radius 3 is 1.74 bits per heavy atom. The third-order valence-corrected chi connectivity index (χ3v) is 6.23. The van der Waals surface area contributed by atoms with Gasteiger partial charge in [0.1, 0.15) is 0 Å². The molecule has 4 rings (SSSR count). The number of aromatic nitrogens is 3. The van der Waals surface area contributed by atoms with E-state index in [0.29, 0.717) is 11.0 Å². The van der Waals surface area contributed by atoms with Crippen LogP contribution in [-0.2, 0) is 0 Å². The van der Waals surface area contributed by atoms with E-state index in [1.54, 1.807) is 0 Å². The van der Waals surface area contributed by atoms with Gasteiger partial charge in [0, 0.05) is 31.2 Å². The van der Waals surface area contributed by atoms with Crippen molar-refractivity contribution in [1.82, 2.24) is 15.0 Å². The number of hydrogen-bond acceptors (Lipinski definition) is 7. The fourth-order valence-corrected chi connectivity index (χ4v) is 4.24. The molecule has 166 valence electrons. The van der Waals surface area contributed by atoms with Gasteiger partial charge in [-0.2, -0.15) is 20.1 Å². The lowest BCUT2D eigenvalue weighted by Crippen LogP contribution is -2.30. The largest absolute Gasteiger partial charge is 0.341 e. The molecule has 1 aromatic carbocycles. The average Bonchev–Trinajstić information content (AvgIpc) is 3.23. The van der Waals surface area contributed by atoms with Gasteiger partial charge in [-0.3, -0.25) is 0 Å². The zero-order chi connectivity index (χ0) is 21.5. The molecule has 2 aliphatic heterocycles. The average molecular weight is 442 g/mol. The Kier molecular flexibility index (Phi) is 7.57. The van der Waals surface area contributed by atoms with Crippen LogP contribution in [0.3, 0.4) is 0 Å². The van der Waals surface area contributed by atoms with E-state index in [0.717, 1.165) is 49.4 Å². The van der Waals surface area contributed by atoms with Crippen molar-refractivity contribution in [3.8, 4) is 0 Å². The fourth-order valence-electron chi connectivity index (χ4n) is 4.12. The topological polar surface area (TPSA) is 69.5 Å². The molecular weight excluding hydrogens is 410 g/mol. The molecule has 0 saturated carbocycles. The number of anilines is 3. The summed E-state index contributed by atoms with van der Waals surface area (Å²) in [5.74, 6) is 2.03. The number of benzene rings is 1. The Bertz CT molecular complexity index is 830. The molecule has 8 heteroatoms. The van der Waals surface area contributed by atoms with E-state index >= 15 is 0 Å². The van der Waals surface area contributed by atoms with E-state index in [1.165, 1.54) is 51.4 Å². The molecule has 2 aromatic rings. The standard InChI is InChI=1S/C23H32ClN7/c1-18(19-10-12-20(24)13-11-19)28-29-21-25-22(30-14-6-2-3-7-15-30)27-23(26-21)31-16-8-4-5-9-17-31/h10-13H,2-9,14-17H2,1H3,(H,25,26,27,29)/b28-18+. The first-order valence-electron chi connectivity index (χ1n) is 11.5. The predicted molar refractivity (Wildman–Crippen MR) is 128 cm³/mol. The van der Waals surface area contributed by atoms with Crippen LogP contribution in [0.2, 0.25) is 5.02 Å². The van der Waals surface area contributed by atoms with E-state index in [4.69, 9.17) is 26.6 Å². The number of nitrogens with one attached hydrogen (secondary N) is 1. The van der Waals surface area contributed by atoms with E-state index in [2.05, 4.69) is 20.3 Å². The highest BCUT2D eigenvalue weighted by atomic mass is 35.5. The minimum atomic E-state index is 0.502. The second-order valence-corrected chi connectivity index (χ2v) is 8.81. The van der Waals surface area contributed by atoms with Crippen LogP contribution < -0.4 is 15.2 Å². The second-order valence-electron chi connectivity index (χ2n) is 8.38. The van der Waals surface area contributed by atoms with Crippen molar-refractivity contribution in [2.24, 2.45) is 5.10 Å². The molecule has 0 spiro atoms. The summed E-state index contributed by atoms with van der Waals surface area (Å²) in [6.45, 7) is 5.95. The van der Waals surface area contributed by atoms with Crippen molar-refractivity contribution in [1.29, 1.82) is 0 Å². The lowest BCUT2D eigenvalue weighted by molar-refractivity contribution is 0.726. The maximum Gasteiger partial charge on any atom is 0.250 e. The van der Waals surface area contributed by atoms with Gasteiger partial charge < -0.3 is 9.80 Å². The van der Waals surface area contributed by atoms with Crippen LogP contribution in [0, 0.1) is 0 Å². The van der Waals surface area contributed by atoms with Gasteiger partial charge in [0.25, 0.3) is 0 Å². The molecule has 1 N–H and O–H groups in total. The van der Waals surface area contributed by atoms with Gasteiger partial charge in [0.15, 0.2) is 0 Å². The highest BCUT2D eigenvalue weighted by Gasteiger charge is 2.19. The summed E-state index contributed by atoms with van der Waals surface area (Å²) < 4.78 is 0. The lowest BCUT2D eigenvalue weighted by atomic mass is 10.1. The molecule has 31 heavy (non-hydrogen) atoms. The van der Waals surface area contributed by atoms with Crippen molar-refractivity contribution < 1.29 is 0 Å². The Labute approximate surface area is 189 Å². The number of hydrazone groups is 1. The molecule has 0 atom stereocenters. The van der Waals surface area contributed by atoms with Crippen molar-refractivity contribution in [2.75, 3.05) is 41.4 Å². The summed E-state index contributed by atoms with van der Waals surface area (Å²) in [6, 6.07) is 7.66. The zero-order valence-electron chi connectivity index (χ0n) is 18.4. The van der Waals surface area contributed by atoms with Gasteiger partial charge in [-0.05, 0) is 50.3 Å². The molecule has 0 unspecified atom stereocenters. The van der Waals surface area contributed by atoms with Gasteiger partial charge in [-0.15, -0.1) is 0 Å². The monoisotopic (exact) mass is 441 g/mol. The third kappa shape index (κ3) is 6.06. The predicted octanol–water partition coefficient (Wildman–Crippen LogP) is 5.12. The first-order valence-corrected chi connectivity index (χ1v) is 11.9. The van der Waals surface area contributed by atoms with Crippen LogP contribution in [0.4, 0.5) is 17.8 Å². The van der Waals surface area contributed by atoms with Crippen LogP contribution in [-0.4, -0.2) is 46.8 Å². The molecule has 0 amide bonds. The summed E-state index contributed by atoms with van der Waals surface area (Å²) in [6.07, 6.45) is 9.82. The Morgan fingerprint density at radius 2 is 1.26 bits per heavy atom. The van der Waals surface area contributed by atoms with Gasteiger partial charge in [0.2, 0.25) is 17.8 Å². The van der Waals surface area contributed by atoms with Crippen LogP contribution >= 0.6 is 11.6 Å². The normalized spacial score (nSPS) is 18.5. The molecule has 1 aromatic heterocycles. The first-order chi connectivity index (χ1) is 15.2. The summed E-state index contributed by atoms with van der Waals surface area (Å²) >= 11 is 6.00. The quantitative estimate of drug-likeness (QED) is 0.512. The summed E-state index contributed by atoms with van der Waals surface area (Å²) in [7, 11) is 0.